The van der Waals surface area contributed by atoms with Crippen molar-refractivity contribution in [3.05, 3.63) is 12.2 Å². The number of allylic oxidation sites excluding steroid dienone is 2. The molecule has 84 valence electrons. The van der Waals surface area contributed by atoms with Crippen molar-refractivity contribution in [1.29, 1.82) is 0 Å². The molecule has 1 unspecified atom stereocenters. The van der Waals surface area contributed by atoms with Gasteiger partial charge in [-0.2, -0.15) is 0 Å². The molecule has 0 heterocycles. The van der Waals surface area contributed by atoms with Gasteiger partial charge in [-0.05, 0) is 31.6 Å². The van der Waals surface area contributed by atoms with Crippen molar-refractivity contribution in [2.24, 2.45) is 5.92 Å². The van der Waals surface area contributed by atoms with E-state index in [4.69, 9.17) is 5.11 Å². The lowest BCUT2D eigenvalue weighted by Crippen LogP contribution is -1.97. The first kappa shape index (κ1) is 13.7. The molecule has 0 spiro atoms. The lowest BCUT2D eigenvalue weighted by atomic mass is 10.0. The second-order valence-electron chi connectivity index (χ2n) is 3.96. The van der Waals surface area contributed by atoms with Gasteiger partial charge in [0, 0.05) is 6.61 Å². The second kappa shape index (κ2) is 10.8. The minimum atomic E-state index is 0.318. The molecule has 0 saturated carbocycles. The van der Waals surface area contributed by atoms with Crippen molar-refractivity contribution < 1.29 is 5.11 Å². The largest absolute Gasteiger partial charge is 0.396 e. The molecule has 1 atom stereocenters. The lowest BCUT2D eigenvalue weighted by molar-refractivity contribution is 0.268. The second-order valence-corrected chi connectivity index (χ2v) is 3.96. The summed E-state index contributed by atoms with van der Waals surface area (Å²) in [6.07, 6.45) is 13.2. The van der Waals surface area contributed by atoms with Gasteiger partial charge < -0.3 is 5.11 Å². The van der Waals surface area contributed by atoms with Gasteiger partial charge in [0.05, 0.1) is 0 Å². The van der Waals surface area contributed by atoms with Crippen LogP contribution in [0, 0.1) is 5.92 Å². The summed E-state index contributed by atoms with van der Waals surface area (Å²) in [6, 6.07) is 0. The number of hydrogen-bond acceptors (Lipinski definition) is 1. The quantitative estimate of drug-likeness (QED) is 0.440. The third-order valence-corrected chi connectivity index (χ3v) is 2.66. The fraction of sp³-hybridized carbons (Fsp3) is 0.846. The zero-order chi connectivity index (χ0) is 10.6. The average molecular weight is 198 g/mol. The normalized spacial score (nSPS) is 13.6. The van der Waals surface area contributed by atoms with Gasteiger partial charge in [-0.1, -0.05) is 45.3 Å². The third-order valence-electron chi connectivity index (χ3n) is 2.66. The number of aliphatic hydroxyl groups is 1. The summed E-state index contributed by atoms with van der Waals surface area (Å²) >= 11 is 0. The zero-order valence-corrected chi connectivity index (χ0v) is 9.84. The standard InChI is InChI=1S/C13H26O/c1-3-5-6-7-8-9-10-13(4-2)11-12-14/h9-10,13-14H,3-8,11-12H2,1-2H3/b10-9+. The summed E-state index contributed by atoms with van der Waals surface area (Å²) in [6.45, 7) is 4.74. The molecule has 0 aliphatic heterocycles. The van der Waals surface area contributed by atoms with Crippen LogP contribution in [0.2, 0.25) is 0 Å². The Hall–Kier alpha value is -0.300. The van der Waals surface area contributed by atoms with Crippen LogP contribution in [0.1, 0.15) is 58.8 Å². The molecule has 14 heavy (non-hydrogen) atoms. The van der Waals surface area contributed by atoms with Gasteiger partial charge in [0.25, 0.3) is 0 Å². The van der Waals surface area contributed by atoms with Gasteiger partial charge >= 0.3 is 0 Å². The summed E-state index contributed by atoms with van der Waals surface area (Å²) < 4.78 is 0. The third kappa shape index (κ3) is 8.31. The highest BCUT2D eigenvalue weighted by Crippen LogP contribution is 2.11. The van der Waals surface area contributed by atoms with Gasteiger partial charge in [0.2, 0.25) is 0 Å². The number of unbranched alkanes of at least 4 members (excludes halogenated alkanes) is 4. The van der Waals surface area contributed by atoms with Crippen LogP contribution in [-0.4, -0.2) is 11.7 Å². The van der Waals surface area contributed by atoms with E-state index >= 15 is 0 Å². The van der Waals surface area contributed by atoms with Crippen molar-refractivity contribution in [2.75, 3.05) is 6.61 Å². The molecule has 0 amide bonds. The van der Waals surface area contributed by atoms with Crippen LogP contribution < -0.4 is 0 Å². The molecule has 0 aromatic carbocycles. The molecule has 0 saturated heterocycles. The topological polar surface area (TPSA) is 20.2 Å². The van der Waals surface area contributed by atoms with Gasteiger partial charge in [-0.15, -0.1) is 0 Å². The molecule has 1 nitrogen and oxygen atoms in total. The minimum absolute atomic E-state index is 0.318. The number of rotatable bonds is 9. The van der Waals surface area contributed by atoms with E-state index in [9.17, 15) is 0 Å². The Morgan fingerprint density at radius 2 is 1.93 bits per heavy atom. The summed E-state index contributed by atoms with van der Waals surface area (Å²) in [4.78, 5) is 0. The lowest BCUT2D eigenvalue weighted by Gasteiger charge is -2.06. The van der Waals surface area contributed by atoms with E-state index in [0.29, 0.717) is 12.5 Å². The molecule has 0 radical (unpaired) electrons. The predicted molar refractivity (Wildman–Crippen MR) is 63.4 cm³/mol. The molecule has 1 heteroatoms. The van der Waals surface area contributed by atoms with Crippen molar-refractivity contribution in [3.63, 3.8) is 0 Å². The molecule has 0 fully saturated rings. The Kier molecular flexibility index (Phi) is 10.5. The first-order valence-corrected chi connectivity index (χ1v) is 6.12. The van der Waals surface area contributed by atoms with Crippen LogP contribution in [-0.2, 0) is 0 Å². The first-order chi connectivity index (χ1) is 6.85. The van der Waals surface area contributed by atoms with Crippen LogP contribution in [0.5, 0.6) is 0 Å². The Morgan fingerprint density at radius 3 is 2.50 bits per heavy atom. The molecule has 1 N–H and O–H groups in total. The molecule has 0 aliphatic carbocycles. The first-order valence-electron chi connectivity index (χ1n) is 6.12. The predicted octanol–water partition coefficient (Wildman–Crippen LogP) is 3.92. The van der Waals surface area contributed by atoms with E-state index in [1.807, 2.05) is 0 Å². The molecular weight excluding hydrogens is 172 g/mol. The highest BCUT2D eigenvalue weighted by atomic mass is 16.3. The zero-order valence-electron chi connectivity index (χ0n) is 9.84. The molecule has 0 aliphatic rings. The summed E-state index contributed by atoms with van der Waals surface area (Å²) in [5.74, 6) is 0.589. The van der Waals surface area contributed by atoms with Crippen LogP contribution >= 0.6 is 0 Å². The van der Waals surface area contributed by atoms with Crippen LogP contribution in [0.25, 0.3) is 0 Å². The maximum absolute atomic E-state index is 8.81. The van der Waals surface area contributed by atoms with E-state index in [1.165, 1.54) is 32.1 Å². The van der Waals surface area contributed by atoms with Crippen LogP contribution in [0.3, 0.4) is 0 Å². The smallest absolute Gasteiger partial charge is 0.0436 e. The molecular formula is C13H26O. The van der Waals surface area contributed by atoms with Crippen molar-refractivity contribution in [3.8, 4) is 0 Å². The molecule has 0 aromatic rings. The van der Waals surface area contributed by atoms with E-state index in [1.54, 1.807) is 0 Å². The average Bonchev–Trinajstić information content (AvgIpc) is 2.21. The van der Waals surface area contributed by atoms with Gasteiger partial charge in [-0.25, -0.2) is 0 Å². The highest BCUT2D eigenvalue weighted by molar-refractivity contribution is 4.87. The molecule has 0 rings (SSSR count). The van der Waals surface area contributed by atoms with Crippen LogP contribution in [0.4, 0.5) is 0 Å². The number of hydrogen-bond donors (Lipinski definition) is 1. The molecule has 0 bridgehead atoms. The van der Waals surface area contributed by atoms with Gasteiger partial charge in [-0.3, -0.25) is 0 Å². The Bertz CT molecular complexity index is 129. The van der Waals surface area contributed by atoms with Crippen molar-refractivity contribution >= 4 is 0 Å². The Balaban J connectivity index is 3.38. The van der Waals surface area contributed by atoms with Gasteiger partial charge in [0.15, 0.2) is 0 Å². The maximum atomic E-state index is 8.81. The van der Waals surface area contributed by atoms with Crippen LogP contribution in [0.15, 0.2) is 12.2 Å². The Labute approximate surface area is 89.2 Å². The minimum Gasteiger partial charge on any atom is -0.396 e. The summed E-state index contributed by atoms with van der Waals surface area (Å²) in [5.41, 5.74) is 0. The van der Waals surface area contributed by atoms with E-state index in [-0.39, 0.29) is 0 Å². The van der Waals surface area contributed by atoms with Crippen molar-refractivity contribution in [1.82, 2.24) is 0 Å². The summed E-state index contributed by atoms with van der Waals surface area (Å²) in [7, 11) is 0. The van der Waals surface area contributed by atoms with Gasteiger partial charge in [0.1, 0.15) is 0 Å². The summed E-state index contributed by atoms with van der Waals surface area (Å²) in [5, 5.41) is 8.81. The van der Waals surface area contributed by atoms with E-state index in [0.717, 1.165) is 12.8 Å². The molecule has 0 aromatic heterocycles. The SMILES string of the molecule is CCCCCC/C=C/C(CC)CCO. The fourth-order valence-corrected chi connectivity index (χ4v) is 1.58. The maximum Gasteiger partial charge on any atom is 0.0436 e. The fourth-order valence-electron chi connectivity index (χ4n) is 1.58. The van der Waals surface area contributed by atoms with Crippen molar-refractivity contribution in [2.45, 2.75) is 58.8 Å². The number of aliphatic hydroxyl groups excluding tert-OH is 1. The highest BCUT2D eigenvalue weighted by Gasteiger charge is 1.98. The monoisotopic (exact) mass is 198 g/mol. The van der Waals surface area contributed by atoms with E-state index in [2.05, 4.69) is 26.0 Å². The van der Waals surface area contributed by atoms with E-state index < -0.39 is 0 Å². The Morgan fingerprint density at radius 1 is 1.14 bits per heavy atom.